The molecule has 2 aromatic rings. The minimum absolute atomic E-state index is 0.256. The molecule has 1 saturated carbocycles. The van der Waals surface area contributed by atoms with E-state index in [0.29, 0.717) is 0 Å². The Bertz CT molecular complexity index is 590. The SMILES string of the molecule is OCCCc1cccc(NCc2cccc(C3CC3)c2)c1. The molecule has 3 rings (SSSR count). The molecule has 0 heterocycles. The topological polar surface area (TPSA) is 32.3 Å². The van der Waals surface area contributed by atoms with Crippen LogP contribution in [0.2, 0.25) is 0 Å². The summed E-state index contributed by atoms with van der Waals surface area (Å²) in [6.07, 6.45) is 4.46. The quantitative estimate of drug-likeness (QED) is 0.801. The van der Waals surface area contributed by atoms with E-state index < -0.39 is 0 Å². The molecule has 21 heavy (non-hydrogen) atoms. The van der Waals surface area contributed by atoms with Crippen molar-refractivity contribution in [2.24, 2.45) is 0 Å². The molecule has 1 aliphatic carbocycles. The van der Waals surface area contributed by atoms with Crippen LogP contribution in [0, 0.1) is 0 Å². The summed E-state index contributed by atoms with van der Waals surface area (Å²) in [6, 6.07) is 17.4. The van der Waals surface area contributed by atoms with Crippen LogP contribution in [0.25, 0.3) is 0 Å². The van der Waals surface area contributed by atoms with Crippen LogP contribution >= 0.6 is 0 Å². The number of nitrogens with one attached hydrogen (secondary N) is 1. The van der Waals surface area contributed by atoms with Gasteiger partial charge < -0.3 is 10.4 Å². The lowest BCUT2D eigenvalue weighted by Gasteiger charge is -2.09. The van der Waals surface area contributed by atoms with Gasteiger partial charge in [0.1, 0.15) is 0 Å². The van der Waals surface area contributed by atoms with E-state index in [1.807, 2.05) is 0 Å². The molecule has 0 saturated heterocycles. The van der Waals surface area contributed by atoms with Gasteiger partial charge in [-0.3, -0.25) is 0 Å². The zero-order valence-electron chi connectivity index (χ0n) is 12.4. The summed E-state index contributed by atoms with van der Waals surface area (Å²) in [5.41, 5.74) is 5.27. The first-order valence-corrected chi connectivity index (χ1v) is 7.87. The van der Waals surface area contributed by atoms with Gasteiger partial charge in [-0.25, -0.2) is 0 Å². The molecule has 0 radical (unpaired) electrons. The van der Waals surface area contributed by atoms with Crippen LogP contribution in [0.3, 0.4) is 0 Å². The molecule has 0 bridgehead atoms. The summed E-state index contributed by atoms with van der Waals surface area (Å²) < 4.78 is 0. The minimum atomic E-state index is 0.256. The smallest absolute Gasteiger partial charge is 0.0434 e. The number of aliphatic hydroxyl groups excluding tert-OH is 1. The van der Waals surface area contributed by atoms with E-state index in [-0.39, 0.29) is 6.61 Å². The van der Waals surface area contributed by atoms with Gasteiger partial charge in [0.25, 0.3) is 0 Å². The van der Waals surface area contributed by atoms with Gasteiger partial charge in [-0.1, -0.05) is 36.4 Å². The third-order valence-electron chi connectivity index (χ3n) is 4.05. The molecular formula is C19H23NO. The standard InChI is InChI=1S/C19H23NO/c21-11-3-6-15-4-2-8-19(13-15)20-14-16-5-1-7-18(12-16)17-9-10-17/h1-2,4-5,7-8,12-13,17,20-21H,3,6,9-11,14H2. The lowest BCUT2D eigenvalue weighted by molar-refractivity contribution is 0.288. The molecule has 0 aromatic heterocycles. The van der Waals surface area contributed by atoms with Gasteiger partial charge in [0, 0.05) is 18.8 Å². The molecule has 2 nitrogen and oxygen atoms in total. The van der Waals surface area contributed by atoms with Crippen LogP contribution in [0.5, 0.6) is 0 Å². The van der Waals surface area contributed by atoms with Crippen molar-refractivity contribution in [1.29, 1.82) is 0 Å². The van der Waals surface area contributed by atoms with Gasteiger partial charge in [-0.05, 0) is 60.4 Å². The van der Waals surface area contributed by atoms with Gasteiger partial charge in [-0.2, -0.15) is 0 Å². The second kappa shape index (κ2) is 6.77. The van der Waals surface area contributed by atoms with Crippen molar-refractivity contribution in [2.75, 3.05) is 11.9 Å². The summed E-state index contributed by atoms with van der Waals surface area (Å²) in [4.78, 5) is 0. The highest BCUT2D eigenvalue weighted by Crippen LogP contribution is 2.40. The molecule has 2 heteroatoms. The van der Waals surface area contributed by atoms with Crippen molar-refractivity contribution in [3.8, 4) is 0 Å². The van der Waals surface area contributed by atoms with E-state index in [0.717, 1.165) is 31.0 Å². The number of rotatable bonds is 7. The first-order valence-electron chi connectivity index (χ1n) is 7.87. The van der Waals surface area contributed by atoms with E-state index in [2.05, 4.69) is 53.8 Å². The third-order valence-corrected chi connectivity index (χ3v) is 4.05. The Balaban J connectivity index is 1.60. The van der Waals surface area contributed by atoms with Crippen LogP contribution in [0.4, 0.5) is 5.69 Å². The molecule has 0 spiro atoms. The maximum absolute atomic E-state index is 8.91. The van der Waals surface area contributed by atoms with Gasteiger partial charge in [-0.15, -0.1) is 0 Å². The maximum atomic E-state index is 8.91. The van der Waals surface area contributed by atoms with Crippen LogP contribution in [-0.4, -0.2) is 11.7 Å². The van der Waals surface area contributed by atoms with E-state index in [4.69, 9.17) is 5.11 Å². The molecular weight excluding hydrogens is 258 g/mol. The molecule has 1 aliphatic rings. The van der Waals surface area contributed by atoms with Crippen molar-refractivity contribution in [2.45, 2.75) is 38.1 Å². The highest BCUT2D eigenvalue weighted by Gasteiger charge is 2.23. The normalized spacial score (nSPS) is 14.1. The van der Waals surface area contributed by atoms with Crippen molar-refractivity contribution in [1.82, 2.24) is 0 Å². The second-order valence-electron chi connectivity index (χ2n) is 5.90. The Morgan fingerprint density at radius 3 is 2.62 bits per heavy atom. The zero-order valence-corrected chi connectivity index (χ0v) is 12.4. The van der Waals surface area contributed by atoms with Crippen LogP contribution in [0.1, 0.15) is 41.9 Å². The fourth-order valence-electron chi connectivity index (χ4n) is 2.70. The average molecular weight is 281 g/mol. The fraction of sp³-hybridized carbons (Fsp3) is 0.368. The Kier molecular flexibility index (Phi) is 4.56. The van der Waals surface area contributed by atoms with E-state index >= 15 is 0 Å². The van der Waals surface area contributed by atoms with E-state index in [1.165, 1.54) is 29.5 Å². The minimum Gasteiger partial charge on any atom is -0.396 e. The second-order valence-corrected chi connectivity index (χ2v) is 5.90. The third kappa shape index (κ3) is 4.08. The summed E-state index contributed by atoms with van der Waals surface area (Å²) >= 11 is 0. The van der Waals surface area contributed by atoms with E-state index in [9.17, 15) is 0 Å². The van der Waals surface area contributed by atoms with Gasteiger partial charge in [0.15, 0.2) is 0 Å². The number of hydrogen-bond donors (Lipinski definition) is 2. The lowest BCUT2D eigenvalue weighted by Crippen LogP contribution is -2.00. The van der Waals surface area contributed by atoms with Crippen LogP contribution in [0.15, 0.2) is 48.5 Å². The summed E-state index contributed by atoms with van der Waals surface area (Å²) in [5.74, 6) is 0.812. The zero-order chi connectivity index (χ0) is 14.5. The number of hydrogen-bond acceptors (Lipinski definition) is 2. The molecule has 0 unspecified atom stereocenters. The van der Waals surface area contributed by atoms with Crippen molar-refractivity contribution in [3.05, 3.63) is 65.2 Å². The molecule has 2 N–H and O–H groups in total. The first-order chi connectivity index (χ1) is 10.3. The number of aliphatic hydroxyl groups is 1. The summed E-state index contributed by atoms with van der Waals surface area (Å²) in [7, 11) is 0. The summed E-state index contributed by atoms with van der Waals surface area (Å²) in [5, 5.41) is 12.4. The van der Waals surface area contributed by atoms with Crippen molar-refractivity contribution >= 4 is 5.69 Å². The molecule has 110 valence electrons. The van der Waals surface area contributed by atoms with Crippen molar-refractivity contribution in [3.63, 3.8) is 0 Å². The predicted octanol–water partition coefficient (Wildman–Crippen LogP) is 4.10. The van der Waals surface area contributed by atoms with Crippen LogP contribution in [-0.2, 0) is 13.0 Å². The maximum Gasteiger partial charge on any atom is 0.0434 e. The summed E-state index contributed by atoms with van der Waals surface area (Å²) in [6.45, 7) is 1.12. The average Bonchev–Trinajstić information content (AvgIpc) is 3.37. The largest absolute Gasteiger partial charge is 0.396 e. The number of aryl methyl sites for hydroxylation is 1. The molecule has 0 atom stereocenters. The van der Waals surface area contributed by atoms with Gasteiger partial charge in [0.05, 0.1) is 0 Å². The van der Waals surface area contributed by atoms with Crippen LogP contribution < -0.4 is 5.32 Å². The highest BCUT2D eigenvalue weighted by atomic mass is 16.2. The fourth-order valence-corrected chi connectivity index (χ4v) is 2.70. The highest BCUT2D eigenvalue weighted by molar-refractivity contribution is 5.46. The molecule has 1 fully saturated rings. The Hall–Kier alpha value is -1.80. The molecule has 0 aliphatic heterocycles. The van der Waals surface area contributed by atoms with E-state index in [1.54, 1.807) is 0 Å². The Labute approximate surface area is 126 Å². The molecule has 0 amide bonds. The predicted molar refractivity (Wildman–Crippen MR) is 87.6 cm³/mol. The van der Waals surface area contributed by atoms with Gasteiger partial charge in [0.2, 0.25) is 0 Å². The number of anilines is 1. The van der Waals surface area contributed by atoms with Crippen molar-refractivity contribution < 1.29 is 5.11 Å². The Morgan fingerprint density at radius 2 is 1.81 bits per heavy atom. The van der Waals surface area contributed by atoms with Gasteiger partial charge >= 0.3 is 0 Å². The Morgan fingerprint density at radius 1 is 1.00 bits per heavy atom. The first kappa shape index (κ1) is 14.2. The monoisotopic (exact) mass is 281 g/mol. The molecule has 2 aromatic carbocycles. The number of benzene rings is 2. The lowest BCUT2D eigenvalue weighted by atomic mass is 10.1.